The SMILES string of the molecule is CC(=O)N(C)C1CCN(c2ccc(NC(=O)C(C)Br)cc2)CC1. The third-order valence-electron chi connectivity index (χ3n) is 4.37. The highest BCUT2D eigenvalue weighted by Crippen LogP contribution is 2.24. The summed E-state index contributed by atoms with van der Waals surface area (Å²) in [4.78, 5) is 27.1. The number of nitrogens with one attached hydrogen (secondary N) is 1. The summed E-state index contributed by atoms with van der Waals surface area (Å²) in [6.45, 7) is 5.29. The van der Waals surface area contributed by atoms with Crippen LogP contribution in [0.3, 0.4) is 0 Å². The smallest absolute Gasteiger partial charge is 0.237 e. The van der Waals surface area contributed by atoms with Gasteiger partial charge in [0.25, 0.3) is 0 Å². The molecule has 23 heavy (non-hydrogen) atoms. The maximum atomic E-state index is 11.7. The Bertz CT molecular complexity index is 551. The number of alkyl halides is 1. The molecule has 0 saturated carbocycles. The topological polar surface area (TPSA) is 52.7 Å². The van der Waals surface area contributed by atoms with E-state index in [2.05, 4.69) is 26.1 Å². The van der Waals surface area contributed by atoms with E-state index in [4.69, 9.17) is 0 Å². The van der Waals surface area contributed by atoms with Gasteiger partial charge in [-0.05, 0) is 44.0 Å². The summed E-state index contributed by atoms with van der Waals surface area (Å²) in [6.07, 6.45) is 1.96. The number of anilines is 2. The van der Waals surface area contributed by atoms with Crippen molar-refractivity contribution in [2.75, 3.05) is 30.4 Å². The zero-order valence-corrected chi connectivity index (χ0v) is 15.5. The molecule has 1 unspecified atom stereocenters. The summed E-state index contributed by atoms with van der Waals surface area (Å²) in [5.41, 5.74) is 1.95. The van der Waals surface area contributed by atoms with Crippen LogP contribution in [-0.4, -0.2) is 47.7 Å². The van der Waals surface area contributed by atoms with Gasteiger partial charge in [-0.1, -0.05) is 15.9 Å². The van der Waals surface area contributed by atoms with Gasteiger partial charge in [-0.2, -0.15) is 0 Å². The molecular weight excluding hydrogens is 358 g/mol. The molecule has 1 saturated heterocycles. The molecule has 0 bridgehead atoms. The monoisotopic (exact) mass is 381 g/mol. The van der Waals surface area contributed by atoms with Crippen LogP contribution in [0.2, 0.25) is 0 Å². The number of halogens is 1. The summed E-state index contributed by atoms with van der Waals surface area (Å²) in [6, 6.07) is 8.25. The molecule has 126 valence electrons. The summed E-state index contributed by atoms with van der Waals surface area (Å²) in [7, 11) is 1.88. The molecule has 0 aliphatic carbocycles. The molecule has 0 aromatic heterocycles. The molecule has 5 nitrogen and oxygen atoms in total. The van der Waals surface area contributed by atoms with Crippen LogP contribution in [0.1, 0.15) is 26.7 Å². The number of carbonyl (C=O) groups excluding carboxylic acids is 2. The quantitative estimate of drug-likeness (QED) is 0.815. The van der Waals surface area contributed by atoms with E-state index >= 15 is 0 Å². The summed E-state index contributed by atoms with van der Waals surface area (Å²) < 4.78 is 0. The van der Waals surface area contributed by atoms with Crippen molar-refractivity contribution in [2.24, 2.45) is 0 Å². The fraction of sp³-hybridized carbons (Fsp3) is 0.529. The standard InChI is InChI=1S/C17H24BrN3O2/c1-12(18)17(23)19-14-4-6-16(7-5-14)21-10-8-15(9-11-21)20(3)13(2)22/h4-7,12,15H,8-11H2,1-3H3,(H,19,23). The average molecular weight is 382 g/mol. The molecule has 1 aromatic rings. The molecule has 2 amide bonds. The number of amides is 2. The highest BCUT2D eigenvalue weighted by Gasteiger charge is 2.23. The lowest BCUT2D eigenvalue weighted by molar-refractivity contribution is -0.130. The molecule has 1 aliphatic heterocycles. The fourth-order valence-electron chi connectivity index (χ4n) is 2.77. The van der Waals surface area contributed by atoms with Crippen molar-refractivity contribution >= 4 is 39.1 Å². The lowest BCUT2D eigenvalue weighted by Crippen LogP contribution is -2.45. The van der Waals surface area contributed by atoms with Crippen LogP contribution in [0.25, 0.3) is 0 Å². The molecule has 1 N–H and O–H groups in total. The zero-order valence-electron chi connectivity index (χ0n) is 13.9. The molecule has 0 radical (unpaired) electrons. The number of nitrogens with zero attached hydrogens (tertiary/aromatic N) is 2. The minimum Gasteiger partial charge on any atom is -0.371 e. The van der Waals surface area contributed by atoms with Crippen molar-refractivity contribution in [1.82, 2.24) is 4.90 Å². The van der Waals surface area contributed by atoms with E-state index in [1.54, 1.807) is 13.8 Å². The lowest BCUT2D eigenvalue weighted by Gasteiger charge is -2.37. The Kier molecular flexibility index (Phi) is 6.04. The zero-order chi connectivity index (χ0) is 17.0. The first kappa shape index (κ1) is 17.8. The maximum absolute atomic E-state index is 11.7. The van der Waals surface area contributed by atoms with Crippen LogP contribution >= 0.6 is 15.9 Å². The molecule has 6 heteroatoms. The van der Waals surface area contributed by atoms with Crippen LogP contribution in [0.4, 0.5) is 11.4 Å². The summed E-state index contributed by atoms with van der Waals surface area (Å²) in [5, 5.41) is 2.86. The van der Waals surface area contributed by atoms with E-state index in [-0.39, 0.29) is 16.6 Å². The van der Waals surface area contributed by atoms with Gasteiger partial charge in [0.15, 0.2) is 0 Å². The normalized spacial score (nSPS) is 16.8. The van der Waals surface area contributed by atoms with Crippen LogP contribution in [-0.2, 0) is 9.59 Å². The highest BCUT2D eigenvalue weighted by molar-refractivity contribution is 9.10. The van der Waals surface area contributed by atoms with Crippen molar-refractivity contribution in [3.63, 3.8) is 0 Å². The average Bonchev–Trinajstić information content (AvgIpc) is 2.55. The number of piperidine rings is 1. The van der Waals surface area contributed by atoms with E-state index < -0.39 is 0 Å². The Morgan fingerprint density at radius 1 is 1.26 bits per heavy atom. The predicted molar refractivity (Wildman–Crippen MR) is 97.1 cm³/mol. The van der Waals surface area contributed by atoms with Gasteiger partial charge in [-0.15, -0.1) is 0 Å². The Labute approximate surface area is 146 Å². The largest absolute Gasteiger partial charge is 0.371 e. The molecule has 1 aromatic carbocycles. The molecule has 1 atom stereocenters. The van der Waals surface area contributed by atoms with Crippen LogP contribution in [0, 0.1) is 0 Å². The Hall–Kier alpha value is -1.56. The number of hydrogen-bond donors (Lipinski definition) is 1. The maximum Gasteiger partial charge on any atom is 0.237 e. The summed E-state index contributed by atoms with van der Waals surface area (Å²) in [5.74, 6) is 0.0791. The second-order valence-corrected chi connectivity index (χ2v) is 7.37. The Morgan fingerprint density at radius 2 is 1.83 bits per heavy atom. The molecule has 0 spiro atoms. The van der Waals surface area contributed by atoms with Gasteiger partial charge < -0.3 is 15.1 Å². The van der Waals surface area contributed by atoms with Crippen molar-refractivity contribution < 1.29 is 9.59 Å². The van der Waals surface area contributed by atoms with Crippen LogP contribution in [0.15, 0.2) is 24.3 Å². The van der Waals surface area contributed by atoms with E-state index in [9.17, 15) is 9.59 Å². The van der Waals surface area contributed by atoms with Gasteiger partial charge in [0.2, 0.25) is 11.8 Å². The number of rotatable bonds is 4. The minimum absolute atomic E-state index is 0.0502. The van der Waals surface area contributed by atoms with E-state index in [0.29, 0.717) is 6.04 Å². The van der Waals surface area contributed by atoms with Crippen LogP contribution < -0.4 is 10.2 Å². The third-order valence-corrected chi connectivity index (χ3v) is 4.79. The van der Waals surface area contributed by atoms with Crippen LogP contribution in [0.5, 0.6) is 0 Å². The van der Waals surface area contributed by atoms with Crippen molar-refractivity contribution in [3.8, 4) is 0 Å². The molecular formula is C17H24BrN3O2. The Balaban J connectivity index is 1.91. The van der Waals surface area contributed by atoms with Crippen molar-refractivity contribution in [3.05, 3.63) is 24.3 Å². The highest BCUT2D eigenvalue weighted by atomic mass is 79.9. The minimum atomic E-state index is -0.209. The van der Waals surface area contributed by atoms with Crippen molar-refractivity contribution in [2.45, 2.75) is 37.6 Å². The number of carbonyl (C=O) groups is 2. The van der Waals surface area contributed by atoms with Gasteiger partial charge in [0.1, 0.15) is 0 Å². The van der Waals surface area contributed by atoms with Gasteiger partial charge in [-0.25, -0.2) is 0 Å². The predicted octanol–water partition coefficient (Wildman–Crippen LogP) is 2.86. The number of hydrogen-bond acceptors (Lipinski definition) is 3. The lowest BCUT2D eigenvalue weighted by atomic mass is 10.0. The van der Waals surface area contributed by atoms with E-state index in [1.165, 1.54) is 0 Å². The van der Waals surface area contributed by atoms with Gasteiger partial charge in [0, 0.05) is 44.5 Å². The van der Waals surface area contributed by atoms with E-state index in [0.717, 1.165) is 37.3 Å². The first-order valence-corrected chi connectivity index (χ1v) is 8.83. The molecule has 1 fully saturated rings. The third kappa shape index (κ3) is 4.70. The molecule has 1 aliphatic rings. The second kappa shape index (κ2) is 7.81. The number of benzene rings is 1. The fourth-order valence-corrected chi connectivity index (χ4v) is 2.88. The van der Waals surface area contributed by atoms with Crippen molar-refractivity contribution in [1.29, 1.82) is 0 Å². The van der Waals surface area contributed by atoms with E-state index in [1.807, 2.05) is 36.2 Å². The Morgan fingerprint density at radius 3 is 2.30 bits per heavy atom. The summed E-state index contributed by atoms with van der Waals surface area (Å²) >= 11 is 3.25. The van der Waals surface area contributed by atoms with Gasteiger partial charge in [-0.3, -0.25) is 9.59 Å². The van der Waals surface area contributed by atoms with Gasteiger partial charge in [0.05, 0.1) is 4.83 Å². The van der Waals surface area contributed by atoms with Gasteiger partial charge >= 0.3 is 0 Å². The molecule has 1 heterocycles. The molecule has 2 rings (SSSR count). The first-order chi connectivity index (χ1) is 10.9. The first-order valence-electron chi connectivity index (χ1n) is 7.92. The second-order valence-electron chi connectivity index (χ2n) is 6.00.